The summed E-state index contributed by atoms with van der Waals surface area (Å²) in [5, 5.41) is 12.7. The summed E-state index contributed by atoms with van der Waals surface area (Å²) in [4.78, 5) is 46.5. The monoisotopic (exact) mass is 753 g/mol. The lowest BCUT2D eigenvalue weighted by molar-refractivity contribution is -0.136. The van der Waals surface area contributed by atoms with Crippen LogP contribution < -0.4 is 19.9 Å². The Morgan fingerprint density at radius 2 is 1.50 bits per heavy atom. The predicted molar refractivity (Wildman–Crippen MR) is 217 cm³/mol. The number of benzene rings is 4. The molecule has 0 radical (unpaired) electrons. The van der Waals surface area contributed by atoms with Gasteiger partial charge in [-0.25, -0.2) is 0 Å². The Morgan fingerprint density at radius 1 is 0.732 bits per heavy atom. The molecule has 4 aromatic rings. The Balaban J connectivity index is 0.787. The summed E-state index contributed by atoms with van der Waals surface area (Å²) in [6.45, 7) is 7.57. The number of hydrogen-bond acceptors (Lipinski definition) is 8. The Labute approximate surface area is 329 Å². The number of phenolic OH excluding ortho intramolecular Hbond substituents is 1. The first kappa shape index (κ1) is 36.3. The summed E-state index contributed by atoms with van der Waals surface area (Å²) in [6.07, 6.45) is 4.96. The number of nitrogens with zero attached hydrogens (tertiary/aromatic N) is 4. The summed E-state index contributed by atoms with van der Waals surface area (Å²) in [7, 11) is 1.73. The molecular formula is C46H51N5O5. The summed E-state index contributed by atoms with van der Waals surface area (Å²) in [5.41, 5.74) is 9.18. The molecule has 2 N–H and O–H groups in total. The molecule has 1 aliphatic carbocycles. The van der Waals surface area contributed by atoms with Crippen LogP contribution in [0, 0.1) is 5.92 Å². The second kappa shape index (κ2) is 15.3. The van der Waals surface area contributed by atoms with E-state index in [1.54, 1.807) is 12.0 Å². The van der Waals surface area contributed by atoms with Crippen LogP contribution >= 0.6 is 0 Å². The van der Waals surface area contributed by atoms with Gasteiger partial charge >= 0.3 is 0 Å². The second-order valence-electron chi connectivity index (χ2n) is 16.3. The van der Waals surface area contributed by atoms with Crippen LogP contribution in [0.15, 0.2) is 84.9 Å². The molecule has 4 heterocycles. The minimum atomic E-state index is -0.589. The number of methoxy groups -OCH3 is 1. The Kier molecular flexibility index (Phi) is 9.91. The highest BCUT2D eigenvalue weighted by Gasteiger charge is 2.39. The van der Waals surface area contributed by atoms with Crippen molar-refractivity contribution in [1.29, 1.82) is 0 Å². The smallest absolute Gasteiger partial charge is 0.255 e. The van der Waals surface area contributed by atoms with Gasteiger partial charge in [0.25, 0.3) is 5.91 Å². The van der Waals surface area contributed by atoms with Crippen LogP contribution in [0.5, 0.6) is 11.5 Å². The summed E-state index contributed by atoms with van der Waals surface area (Å²) >= 11 is 0. The Hall–Kier alpha value is -5.35. The number of aromatic hydroxyl groups is 1. The van der Waals surface area contributed by atoms with Gasteiger partial charge < -0.3 is 24.5 Å². The highest BCUT2D eigenvalue weighted by Crippen LogP contribution is 2.48. The molecule has 56 heavy (non-hydrogen) atoms. The molecule has 4 aliphatic heterocycles. The van der Waals surface area contributed by atoms with Crippen LogP contribution in [0.25, 0.3) is 0 Å². The van der Waals surface area contributed by atoms with Gasteiger partial charge in [0.05, 0.1) is 7.11 Å². The third-order valence-electron chi connectivity index (χ3n) is 13.1. The number of anilines is 2. The zero-order chi connectivity index (χ0) is 38.3. The third-order valence-corrected chi connectivity index (χ3v) is 13.1. The first-order chi connectivity index (χ1) is 27.3. The quantitative estimate of drug-likeness (QED) is 0.210. The van der Waals surface area contributed by atoms with Crippen molar-refractivity contribution in [3.05, 3.63) is 118 Å². The first-order valence-corrected chi connectivity index (χ1v) is 20.4. The molecule has 9 rings (SSSR count). The maximum atomic E-state index is 13.2. The maximum Gasteiger partial charge on any atom is 0.255 e. The number of rotatable bonds is 8. The molecule has 3 atom stereocenters. The molecule has 10 heteroatoms. The van der Waals surface area contributed by atoms with Crippen molar-refractivity contribution >= 4 is 29.1 Å². The van der Waals surface area contributed by atoms with Crippen LogP contribution in [0.2, 0.25) is 0 Å². The lowest BCUT2D eigenvalue weighted by atomic mass is 9.69. The number of carbonyl (C=O) groups excluding carboxylic acids is 3. The normalized spacial score (nSPS) is 23.2. The van der Waals surface area contributed by atoms with Crippen molar-refractivity contribution in [2.24, 2.45) is 5.92 Å². The average molecular weight is 754 g/mol. The number of fused-ring (bicyclic) bond motifs is 2. The highest BCUT2D eigenvalue weighted by molar-refractivity contribution is 6.05. The van der Waals surface area contributed by atoms with Crippen LogP contribution in [0.1, 0.15) is 82.1 Å². The number of aryl methyl sites for hydroxylation is 1. The lowest BCUT2D eigenvalue weighted by Crippen LogP contribution is -2.52. The third kappa shape index (κ3) is 7.11. The number of ether oxygens (including phenoxy) is 1. The molecule has 4 aromatic carbocycles. The van der Waals surface area contributed by atoms with Crippen LogP contribution in [0.4, 0.5) is 11.4 Å². The maximum absolute atomic E-state index is 13.2. The number of phenols is 1. The highest BCUT2D eigenvalue weighted by atomic mass is 16.5. The molecule has 290 valence electrons. The fraction of sp³-hybridized carbons (Fsp3) is 0.413. The van der Waals surface area contributed by atoms with Crippen molar-refractivity contribution in [2.75, 3.05) is 62.7 Å². The molecule has 3 fully saturated rings. The number of piperazine rings is 1. The van der Waals surface area contributed by atoms with Crippen molar-refractivity contribution in [3.8, 4) is 11.5 Å². The number of imide groups is 1. The van der Waals surface area contributed by atoms with Crippen molar-refractivity contribution < 1.29 is 24.2 Å². The van der Waals surface area contributed by atoms with E-state index in [9.17, 15) is 19.5 Å². The fourth-order valence-corrected chi connectivity index (χ4v) is 10.0. The standard InChI is InChI=1S/C46H51N5O5/c1-56-38-4-2-3-32(27-38)39-12-7-33-26-37(52)11-14-40(33)44(39)31-5-8-35(9-6-31)49-19-17-30(18-20-49)28-48-21-23-50(24-22-48)36-10-13-41-34(25-36)29-51(46(41)55)42-15-16-43(53)47-45(42)54/h2-6,8-11,13-14,25-27,30,39,42,44,52H,7,12,15-24,28-29H2,1H3,(H,47,53,54)/t39?,42-,44?/m0/s1. The van der Waals surface area contributed by atoms with E-state index in [4.69, 9.17) is 4.74 Å². The van der Waals surface area contributed by atoms with Gasteiger partial charge in [0, 0.05) is 81.6 Å². The zero-order valence-electron chi connectivity index (χ0n) is 32.2. The molecule has 0 saturated carbocycles. The lowest BCUT2D eigenvalue weighted by Gasteiger charge is -2.40. The van der Waals surface area contributed by atoms with Gasteiger partial charge in [-0.15, -0.1) is 0 Å². The largest absolute Gasteiger partial charge is 0.508 e. The topological polar surface area (TPSA) is 106 Å². The summed E-state index contributed by atoms with van der Waals surface area (Å²) < 4.78 is 5.59. The fourth-order valence-electron chi connectivity index (χ4n) is 10.0. The van der Waals surface area contributed by atoms with Crippen molar-refractivity contribution in [3.63, 3.8) is 0 Å². The minimum Gasteiger partial charge on any atom is -0.508 e. The van der Waals surface area contributed by atoms with E-state index < -0.39 is 6.04 Å². The number of amides is 3. The molecule has 0 aromatic heterocycles. The van der Waals surface area contributed by atoms with Gasteiger partial charge in [0.1, 0.15) is 17.5 Å². The van der Waals surface area contributed by atoms with Crippen LogP contribution in [-0.4, -0.2) is 91.6 Å². The SMILES string of the molecule is COc1cccc(C2CCc3cc(O)ccc3C2c2ccc(N3CCC(CN4CCN(c5ccc6c(c5)CN([C@H]5CCC(=O)NC5=O)C6=O)CC4)CC3)cc2)c1. The van der Waals surface area contributed by atoms with Gasteiger partial charge in [-0.3, -0.25) is 24.6 Å². The van der Waals surface area contributed by atoms with E-state index in [0.717, 1.165) is 75.7 Å². The minimum absolute atomic E-state index is 0.124. The van der Waals surface area contributed by atoms with Gasteiger partial charge in [-0.05, 0) is 126 Å². The predicted octanol–water partition coefficient (Wildman–Crippen LogP) is 6.06. The van der Waals surface area contributed by atoms with Crippen LogP contribution in [0.3, 0.4) is 0 Å². The Morgan fingerprint density at radius 3 is 2.27 bits per heavy atom. The van der Waals surface area contributed by atoms with Gasteiger partial charge in [0.2, 0.25) is 11.8 Å². The van der Waals surface area contributed by atoms with E-state index in [1.807, 2.05) is 30.3 Å². The molecule has 0 spiro atoms. The number of hydrogen-bond donors (Lipinski definition) is 2. The van der Waals surface area contributed by atoms with Gasteiger partial charge in [-0.1, -0.05) is 30.3 Å². The first-order valence-electron chi connectivity index (χ1n) is 20.4. The number of nitrogens with one attached hydrogen (secondary N) is 1. The van der Waals surface area contributed by atoms with E-state index in [2.05, 4.69) is 74.6 Å². The van der Waals surface area contributed by atoms with Crippen molar-refractivity contribution in [2.45, 2.75) is 62.9 Å². The van der Waals surface area contributed by atoms with E-state index in [0.29, 0.717) is 36.1 Å². The second-order valence-corrected chi connectivity index (χ2v) is 16.3. The average Bonchev–Trinajstić information content (AvgIpc) is 3.55. The van der Waals surface area contributed by atoms with E-state index in [1.165, 1.54) is 40.8 Å². The number of piperidine rings is 2. The summed E-state index contributed by atoms with van der Waals surface area (Å²) in [6, 6.07) is 29.2. The van der Waals surface area contributed by atoms with E-state index in [-0.39, 0.29) is 30.1 Å². The molecule has 10 nitrogen and oxygen atoms in total. The zero-order valence-corrected chi connectivity index (χ0v) is 32.2. The Bertz CT molecular complexity index is 2120. The van der Waals surface area contributed by atoms with Gasteiger partial charge in [0.15, 0.2) is 0 Å². The molecule has 5 aliphatic rings. The molecule has 2 unspecified atom stereocenters. The van der Waals surface area contributed by atoms with Gasteiger partial charge in [-0.2, -0.15) is 0 Å². The number of carbonyl (C=O) groups is 3. The van der Waals surface area contributed by atoms with Crippen LogP contribution in [-0.2, 0) is 22.6 Å². The molecule has 0 bridgehead atoms. The molecular weight excluding hydrogens is 703 g/mol. The van der Waals surface area contributed by atoms with E-state index >= 15 is 0 Å². The molecule has 3 amide bonds. The molecule has 3 saturated heterocycles. The summed E-state index contributed by atoms with van der Waals surface area (Å²) in [5.74, 6) is 1.66. The van der Waals surface area contributed by atoms with Crippen molar-refractivity contribution in [1.82, 2.24) is 15.1 Å².